The second-order valence-corrected chi connectivity index (χ2v) is 8.48. The first-order valence-electron chi connectivity index (χ1n) is 10.8. The molecule has 0 saturated carbocycles. The van der Waals surface area contributed by atoms with Crippen molar-refractivity contribution in [3.63, 3.8) is 0 Å². The van der Waals surface area contributed by atoms with Gasteiger partial charge < -0.3 is 4.74 Å². The van der Waals surface area contributed by atoms with E-state index < -0.39 is 47.4 Å². The number of hydrogen-bond acceptors (Lipinski definition) is 2. The summed E-state index contributed by atoms with van der Waals surface area (Å²) in [5, 5.41) is 10.2. The van der Waals surface area contributed by atoms with E-state index in [-0.39, 0.29) is 11.6 Å². The fourth-order valence-corrected chi connectivity index (χ4v) is 4.50. The first-order chi connectivity index (χ1) is 16.3. The van der Waals surface area contributed by atoms with Crippen LogP contribution in [0.5, 0.6) is 0 Å². The molecule has 1 aromatic heterocycles. The topological polar surface area (TPSA) is 33.3 Å². The molecule has 1 aliphatic carbocycles. The Balaban J connectivity index is 1.72. The number of halogens is 7. The van der Waals surface area contributed by atoms with Gasteiger partial charge in [-0.15, -0.1) is 0 Å². The summed E-state index contributed by atoms with van der Waals surface area (Å²) in [6.45, 7) is 1.39. The maximum Gasteiger partial charge on any atom is 0.416 e. The summed E-state index contributed by atoms with van der Waals surface area (Å²) in [6, 6.07) is 10.3. The molecule has 0 amide bonds. The van der Waals surface area contributed by atoms with E-state index in [0.29, 0.717) is 41.8 Å². The van der Waals surface area contributed by atoms with Crippen molar-refractivity contribution in [3.8, 4) is 0 Å². The van der Waals surface area contributed by atoms with Gasteiger partial charge in [0.15, 0.2) is 0 Å². The van der Waals surface area contributed by atoms with Crippen LogP contribution in [-0.4, -0.2) is 11.3 Å². The molecule has 0 spiro atoms. The minimum absolute atomic E-state index is 0.0778. The van der Waals surface area contributed by atoms with Gasteiger partial charge in [0, 0.05) is 28.7 Å². The number of ether oxygens (including phenoxy) is 1. The van der Waals surface area contributed by atoms with Gasteiger partial charge in [-0.25, -0.2) is 4.39 Å². The lowest BCUT2D eigenvalue weighted by Crippen LogP contribution is -2.41. The zero-order chi connectivity index (χ0) is 25.5. The van der Waals surface area contributed by atoms with Gasteiger partial charge in [-0.2, -0.15) is 26.3 Å². The molecule has 3 aromatic rings. The van der Waals surface area contributed by atoms with Crippen molar-refractivity contribution in [2.24, 2.45) is 0 Å². The Morgan fingerprint density at radius 1 is 0.943 bits per heavy atom. The number of benzene rings is 2. The monoisotopic (exact) mass is 500 g/mol. The summed E-state index contributed by atoms with van der Waals surface area (Å²) in [4.78, 5) is 0. The average molecular weight is 500 g/mol. The Morgan fingerprint density at radius 2 is 1.54 bits per heavy atom. The van der Waals surface area contributed by atoms with Crippen molar-refractivity contribution in [1.82, 2.24) is 0 Å². The van der Waals surface area contributed by atoms with Crippen LogP contribution in [0.1, 0.15) is 58.9 Å². The lowest BCUT2D eigenvalue weighted by molar-refractivity contribution is -0.910. The number of fused-ring (bicyclic) bond motifs is 1. The highest BCUT2D eigenvalue weighted by atomic mass is 19.4. The summed E-state index contributed by atoms with van der Waals surface area (Å²) in [6.07, 6.45) is -9.57. The predicted molar refractivity (Wildman–Crippen MR) is 110 cm³/mol. The van der Waals surface area contributed by atoms with Crippen molar-refractivity contribution < 1.29 is 45.4 Å². The Morgan fingerprint density at radius 3 is 2.11 bits per heavy atom. The fourth-order valence-electron chi connectivity index (χ4n) is 4.50. The zero-order valence-corrected chi connectivity index (χ0v) is 18.4. The molecule has 4 rings (SSSR count). The molecule has 0 aliphatic heterocycles. The van der Waals surface area contributed by atoms with Gasteiger partial charge in [-0.1, -0.05) is 12.1 Å². The normalized spacial score (nSPS) is 19.3. The largest absolute Gasteiger partial charge is 0.416 e. The molecule has 0 bridgehead atoms. The van der Waals surface area contributed by atoms with E-state index in [4.69, 9.17) is 4.74 Å². The summed E-state index contributed by atoms with van der Waals surface area (Å²) in [5.41, 5.74) is -1.19. The maximum absolute atomic E-state index is 13.6. The molecule has 3 atom stereocenters. The van der Waals surface area contributed by atoms with E-state index in [2.05, 4.69) is 0 Å². The third-order valence-corrected chi connectivity index (χ3v) is 6.17. The van der Waals surface area contributed by atoms with Gasteiger partial charge in [-0.05, 0) is 60.9 Å². The molecule has 35 heavy (non-hydrogen) atoms. The summed E-state index contributed by atoms with van der Waals surface area (Å²) >= 11 is 0. The first kappa shape index (κ1) is 25.0. The molecule has 1 aliphatic rings. The predicted octanol–water partition coefficient (Wildman–Crippen LogP) is 6.61. The van der Waals surface area contributed by atoms with Crippen LogP contribution in [0, 0.1) is 5.82 Å². The summed E-state index contributed by atoms with van der Waals surface area (Å²) < 4.78 is 100. The van der Waals surface area contributed by atoms with Crippen molar-refractivity contribution in [2.45, 2.75) is 50.2 Å². The lowest BCUT2D eigenvalue weighted by atomic mass is 9.78. The van der Waals surface area contributed by atoms with Crippen LogP contribution < -0.4 is 4.73 Å². The van der Waals surface area contributed by atoms with Crippen LogP contribution in [0.15, 0.2) is 60.8 Å². The van der Waals surface area contributed by atoms with Gasteiger partial charge >= 0.3 is 12.4 Å². The minimum atomic E-state index is -4.97. The molecule has 3 nitrogen and oxygen atoms in total. The third-order valence-electron chi connectivity index (χ3n) is 6.17. The highest BCUT2D eigenvalue weighted by molar-refractivity contribution is 5.38. The second-order valence-electron chi connectivity index (χ2n) is 8.48. The number of alkyl halides is 6. The van der Waals surface area contributed by atoms with Gasteiger partial charge in [0.25, 0.3) is 0 Å². The average Bonchev–Trinajstić information content (AvgIpc) is 2.78. The molecule has 0 fully saturated rings. The van der Waals surface area contributed by atoms with Gasteiger partial charge in [-0.3, -0.25) is 5.21 Å². The van der Waals surface area contributed by atoms with E-state index in [9.17, 15) is 35.9 Å². The second kappa shape index (κ2) is 9.14. The molecule has 10 heteroatoms. The van der Waals surface area contributed by atoms with Crippen LogP contribution in [0.2, 0.25) is 0 Å². The van der Waals surface area contributed by atoms with Gasteiger partial charge in [0.1, 0.15) is 5.82 Å². The van der Waals surface area contributed by atoms with Crippen LogP contribution in [0.4, 0.5) is 30.7 Å². The molecule has 0 radical (unpaired) electrons. The van der Waals surface area contributed by atoms with Gasteiger partial charge in [0.05, 0.1) is 23.3 Å². The highest BCUT2D eigenvalue weighted by Crippen LogP contribution is 2.41. The van der Waals surface area contributed by atoms with Crippen LogP contribution in [-0.2, 0) is 23.5 Å². The van der Waals surface area contributed by atoms with E-state index in [0.717, 1.165) is 4.73 Å². The molecule has 1 heterocycles. The minimum Gasteiger partial charge on any atom is -0.370 e. The highest BCUT2D eigenvalue weighted by Gasteiger charge is 2.40. The van der Waals surface area contributed by atoms with Crippen molar-refractivity contribution in [3.05, 3.63) is 100 Å². The third kappa shape index (κ3) is 5.27. The summed E-state index contributed by atoms with van der Waals surface area (Å²) in [7, 11) is 0. The van der Waals surface area contributed by atoms with Crippen LogP contribution in [0.25, 0.3) is 0 Å². The quantitative estimate of drug-likeness (QED) is 0.248. The Bertz CT molecular complexity index is 1170. The van der Waals surface area contributed by atoms with Crippen LogP contribution >= 0.6 is 0 Å². The zero-order valence-electron chi connectivity index (χ0n) is 18.4. The number of nitrogens with zero attached hydrogens (tertiary/aromatic N) is 1. The number of aromatic nitrogens is 1. The molecular weight excluding hydrogens is 479 g/mol. The van der Waals surface area contributed by atoms with Crippen LogP contribution in [0.3, 0.4) is 0 Å². The lowest BCUT2D eigenvalue weighted by Gasteiger charge is -2.34. The Labute approximate surface area is 196 Å². The number of rotatable bonds is 4. The Kier molecular flexibility index (Phi) is 6.52. The summed E-state index contributed by atoms with van der Waals surface area (Å²) in [5.74, 6) is -1.00. The van der Waals surface area contributed by atoms with Crippen molar-refractivity contribution in [2.75, 3.05) is 0 Å². The maximum atomic E-state index is 13.6. The standard InChI is InChI=1S/C25H21F7NO2/c1-14(16-11-17(24(27,28)29)13-18(12-16)25(30,31)32)35-22-9-8-21-20(3-2-10-33(21)34)23(22)15-4-6-19(26)7-5-15/h2-7,10-14,22-23,34H,8-9H2,1H3/q+1/t14-,22+,23+/m1/s1. The van der Waals surface area contributed by atoms with Crippen molar-refractivity contribution >= 4 is 0 Å². The number of hydrogen-bond donors (Lipinski definition) is 1. The molecular formula is C25H21F7NO2+. The fraction of sp³-hybridized carbons (Fsp3) is 0.320. The first-order valence-corrected chi connectivity index (χ1v) is 10.8. The molecule has 1 N–H and O–H groups in total. The van der Waals surface area contributed by atoms with E-state index in [1.54, 1.807) is 12.1 Å². The molecule has 0 saturated heterocycles. The molecule has 0 unspecified atom stereocenters. The molecule has 186 valence electrons. The number of pyridine rings is 1. The Hall–Kier alpha value is -3.14. The van der Waals surface area contributed by atoms with Crippen molar-refractivity contribution in [1.29, 1.82) is 0 Å². The molecule has 2 aromatic carbocycles. The van der Waals surface area contributed by atoms with Gasteiger partial charge in [0.2, 0.25) is 11.9 Å². The van der Waals surface area contributed by atoms with E-state index in [1.807, 2.05) is 0 Å². The van der Waals surface area contributed by atoms with E-state index in [1.165, 1.54) is 37.4 Å². The van der Waals surface area contributed by atoms with E-state index >= 15 is 0 Å². The SMILES string of the molecule is C[C@@H](O[C@H]1CCc2c(ccc[n+]2O)[C@@H]1c1ccc(F)cc1)c1cc(C(F)(F)F)cc(C(F)(F)F)c1. The smallest absolute Gasteiger partial charge is 0.370 e.